The Labute approximate surface area is 515 Å². The maximum atomic E-state index is 12.9. The number of esters is 2. The lowest BCUT2D eigenvalue weighted by Crippen LogP contribution is -2.33. The molecule has 0 rings (SSSR count). The summed E-state index contributed by atoms with van der Waals surface area (Å²) < 4.78 is 11.5. The van der Waals surface area contributed by atoms with Crippen molar-refractivity contribution >= 4 is 55.6 Å². The Bertz CT molecular complexity index is 1210. The van der Waals surface area contributed by atoms with Gasteiger partial charge in [0, 0.05) is 62.5 Å². The zero-order chi connectivity index (χ0) is 59.0. The van der Waals surface area contributed by atoms with E-state index in [1.54, 1.807) is 0 Å². The Kier molecular flexibility index (Phi) is 67.7. The highest BCUT2D eigenvalue weighted by Gasteiger charge is 2.17. The predicted molar refractivity (Wildman–Crippen MR) is 355 cm³/mol. The summed E-state index contributed by atoms with van der Waals surface area (Å²) in [5, 5.41) is 2.15. The average molecular weight is 1260 g/mol. The third-order valence-electron chi connectivity index (χ3n) is 16.3. The quantitative estimate of drug-likeness (QED) is 0.0342. The van der Waals surface area contributed by atoms with E-state index in [1.165, 1.54) is 231 Å². The molecule has 0 aliphatic heterocycles. The summed E-state index contributed by atoms with van der Waals surface area (Å²) in [6.45, 7) is 18.0. The minimum Gasteiger partial charge on any atom is -0.465 e. The summed E-state index contributed by atoms with van der Waals surface area (Å²) in [7, 11) is 0. The molecular weight excluding hydrogens is 1120 g/mol. The van der Waals surface area contributed by atoms with E-state index < -0.39 is 0 Å². The van der Waals surface area contributed by atoms with Crippen LogP contribution in [0.2, 0.25) is 0 Å². The smallest absolute Gasteiger partial charge is 0.305 e. The molecule has 0 fully saturated rings. The first-order chi connectivity index (χ1) is 39.2. The number of rotatable bonds is 62. The van der Waals surface area contributed by atoms with E-state index in [-0.39, 0.29) is 11.9 Å². The van der Waals surface area contributed by atoms with Crippen LogP contribution >= 0.6 is 31.9 Å². The molecule has 0 bridgehead atoms. The molecule has 0 spiro atoms. The molecule has 0 aromatic carbocycles. The van der Waals surface area contributed by atoms with Gasteiger partial charge in [0.2, 0.25) is 11.8 Å². The molecule has 10 heteroatoms. The number of nitrogens with zero attached hydrogens (tertiary/aromatic N) is 2. The van der Waals surface area contributed by atoms with Crippen LogP contribution in [0.25, 0.3) is 0 Å². The van der Waals surface area contributed by atoms with E-state index in [4.69, 9.17) is 9.47 Å². The van der Waals surface area contributed by atoms with E-state index in [9.17, 15) is 19.2 Å². The minimum atomic E-state index is -0.0502. The molecule has 476 valence electrons. The van der Waals surface area contributed by atoms with Gasteiger partial charge in [0.25, 0.3) is 0 Å². The number of hydrogen-bond donors (Lipinski definition) is 0. The Morgan fingerprint density at radius 2 is 0.512 bits per heavy atom. The van der Waals surface area contributed by atoms with Gasteiger partial charge >= 0.3 is 11.9 Å². The average Bonchev–Trinajstić information content (AvgIpc) is 3.46. The van der Waals surface area contributed by atoms with E-state index in [1.807, 2.05) is 0 Å². The van der Waals surface area contributed by atoms with Gasteiger partial charge in [0.1, 0.15) is 0 Å². The number of halogens is 2. The molecule has 2 atom stereocenters. The summed E-state index contributed by atoms with van der Waals surface area (Å²) in [5.74, 6) is 1.54. The summed E-state index contributed by atoms with van der Waals surface area (Å²) in [6.07, 6.45) is 57.6. The predicted octanol–water partition coefficient (Wildman–Crippen LogP) is 22.4. The standard InChI is InChI=1S/2C35H68BrNO3/c2*1-4-7-10-13-15-19-26-33(25-18-11-8-5-2)32-40-35(39)28-21-24-31-37(30-23-12-9-6-3)34(38)27-20-16-14-17-22-29-36/h2*33H,4-32H2,1-3H3. The lowest BCUT2D eigenvalue weighted by molar-refractivity contribution is -0.146. The van der Waals surface area contributed by atoms with Crippen molar-refractivity contribution in [2.24, 2.45) is 11.8 Å². The Hall–Kier alpha value is -1.16. The minimum absolute atomic E-state index is 0.0502. The largest absolute Gasteiger partial charge is 0.465 e. The zero-order valence-electron chi connectivity index (χ0n) is 54.3. The number of alkyl halides is 2. The van der Waals surface area contributed by atoms with Crippen molar-refractivity contribution in [3.8, 4) is 0 Å². The second-order valence-electron chi connectivity index (χ2n) is 24.1. The lowest BCUT2D eigenvalue weighted by atomic mass is 9.95. The molecule has 2 unspecified atom stereocenters. The van der Waals surface area contributed by atoms with Crippen molar-refractivity contribution in [1.82, 2.24) is 9.80 Å². The van der Waals surface area contributed by atoms with Gasteiger partial charge in [0.15, 0.2) is 0 Å². The van der Waals surface area contributed by atoms with E-state index in [0.29, 0.717) is 62.5 Å². The Balaban J connectivity index is 0. The molecule has 8 nitrogen and oxygen atoms in total. The van der Waals surface area contributed by atoms with Crippen molar-refractivity contribution in [3.63, 3.8) is 0 Å². The van der Waals surface area contributed by atoms with Gasteiger partial charge in [-0.1, -0.05) is 279 Å². The highest BCUT2D eigenvalue weighted by atomic mass is 79.9. The highest BCUT2D eigenvalue weighted by Crippen LogP contribution is 2.22. The van der Waals surface area contributed by atoms with Gasteiger partial charge in [-0.2, -0.15) is 0 Å². The zero-order valence-corrected chi connectivity index (χ0v) is 57.4. The molecule has 0 aliphatic carbocycles. The topological polar surface area (TPSA) is 93.2 Å². The van der Waals surface area contributed by atoms with Crippen LogP contribution in [0.4, 0.5) is 0 Å². The third kappa shape index (κ3) is 58.6. The first kappa shape index (κ1) is 80.9. The van der Waals surface area contributed by atoms with Crippen molar-refractivity contribution in [1.29, 1.82) is 0 Å². The van der Waals surface area contributed by atoms with E-state index in [2.05, 4.69) is 83.2 Å². The van der Waals surface area contributed by atoms with Gasteiger partial charge < -0.3 is 19.3 Å². The van der Waals surface area contributed by atoms with Crippen molar-refractivity contribution in [2.75, 3.05) is 50.1 Å². The molecule has 0 heterocycles. The van der Waals surface area contributed by atoms with Crippen LogP contribution in [0, 0.1) is 11.8 Å². The summed E-state index contributed by atoms with van der Waals surface area (Å²) in [4.78, 5) is 55.1. The van der Waals surface area contributed by atoms with Crippen LogP contribution in [0.1, 0.15) is 363 Å². The molecule has 0 aromatic rings. The van der Waals surface area contributed by atoms with Crippen LogP contribution in [-0.2, 0) is 28.7 Å². The van der Waals surface area contributed by atoms with Gasteiger partial charge in [0.05, 0.1) is 13.2 Å². The molecule has 0 radical (unpaired) electrons. The van der Waals surface area contributed by atoms with Crippen molar-refractivity contribution in [2.45, 2.75) is 363 Å². The first-order valence-electron chi connectivity index (χ1n) is 35.2. The molecule has 0 saturated heterocycles. The van der Waals surface area contributed by atoms with Gasteiger partial charge in [-0.25, -0.2) is 0 Å². The lowest BCUT2D eigenvalue weighted by Gasteiger charge is -2.23. The number of hydrogen-bond acceptors (Lipinski definition) is 6. The molecule has 80 heavy (non-hydrogen) atoms. The van der Waals surface area contributed by atoms with Crippen LogP contribution in [0.3, 0.4) is 0 Å². The van der Waals surface area contributed by atoms with E-state index in [0.717, 1.165) is 101 Å². The van der Waals surface area contributed by atoms with Gasteiger partial charge in [-0.15, -0.1) is 0 Å². The number of amides is 2. The summed E-state index contributed by atoms with van der Waals surface area (Å²) in [6, 6.07) is 0. The maximum absolute atomic E-state index is 12.9. The third-order valence-corrected chi connectivity index (χ3v) is 17.4. The number of carbonyl (C=O) groups is 4. The normalized spacial score (nSPS) is 12.0. The van der Waals surface area contributed by atoms with Crippen LogP contribution in [-0.4, -0.2) is 83.6 Å². The summed E-state index contributed by atoms with van der Waals surface area (Å²) in [5.41, 5.74) is 0. The molecule has 0 N–H and O–H groups in total. The molecule has 0 saturated carbocycles. The summed E-state index contributed by atoms with van der Waals surface area (Å²) >= 11 is 6.98. The van der Waals surface area contributed by atoms with Gasteiger partial charge in [-0.3, -0.25) is 19.2 Å². The molecule has 0 aliphatic rings. The van der Waals surface area contributed by atoms with Crippen LogP contribution in [0.15, 0.2) is 0 Å². The fourth-order valence-electron chi connectivity index (χ4n) is 10.8. The number of carbonyl (C=O) groups excluding carboxylic acids is 4. The van der Waals surface area contributed by atoms with Crippen molar-refractivity contribution < 1.29 is 28.7 Å². The first-order valence-corrected chi connectivity index (χ1v) is 37.4. The van der Waals surface area contributed by atoms with Crippen LogP contribution in [0.5, 0.6) is 0 Å². The number of ether oxygens (including phenoxy) is 2. The fraction of sp³-hybridized carbons (Fsp3) is 0.943. The Morgan fingerprint density at radius 3 is 0.812 bits per heavy atom. The Morgan fingerprint density at radius 1 is 0.287 bits per heavy atom. The maximum Gasteiger partial charge on any atom is 0.305 e. The molecule has 2 amide bonds. The van der Waals surface area contributed by atoms with Gasteiger partial charge in [-0.05, 0) is 102 Å². The van der Waals surface area contributed by atoms with E-state index >= 15 is 0 Å². The van der Waals surface area contributed by atoms with Crippen LogP contribution < -0.4 is 0 Å². The second kappa shape index (κ2) is 67.0. The molecular formula is C70H136Br2N2O6. The SMILES string of the molecule is CCCCCCCCC(CCCCCC)COC(=O)CCCCN(CCCCCC)C(=O)CCCCCCCBr.CCCCCCCCC(CCCCCC)COC(=O)CCCCN(CCCCCC)C(=O)CCCCCCCBr. The highest BCUT2D eigenvalue weighted by molar-refractivity contribution is 9.09. The molecule has 0 aromatic heterocycles. The second-order valence-corrected chi connectivity index (χ2v) is 25.7. The number of unbranched alkanes of at least 4 members (excludes halogenated alkanes) is 32. The monoisotopic (exact) mass is 1260 g/mol. The fourth-order valence-corrected chi connectivity index (χ4v) is 11.6. The van der Waals surface area contributed by atoms with Crippen molar-refractivity contribution in [3.05, 3.63) is 0 Å².